The lowest BCUT2D eigenvalue weighted by atomic mass is 9.46. The fraction of sp³-hybridized carbons (Fsp3) is 0.696. The van der Waals surface area contributed by atoms with Gasteiger partial charge in [-0.3, -0.25) is 4.79 Å². The number of ketones is 1. The van der Waals surface area contributed by atoms with Crippen LogP contribution in [0, 0.1) is 34.5 Å². The first-order chi connectivity index (χ1) is 11.8. The van der Waals surface area contributed by atoms with Gasteiger partial charge in [0, 0.05) is 11.3 Å². The van der Waals surface area contributed by atoms with Gasteiger partial charge in [-0.15, -0.1) is 0 Å². The Labute approximate surface area is 152 Å². The predicted octanol–water partition coefficient (Wildman–Crippen LogP) is 4.85. The van der Waals surface area contributed by atoms with Crippen LogP contribution in [0.5, 0.6) is 0 Å². The molecule has 0 aromatic carbocycles. The van der Waals surface area contributed by atoms with Crippen molar-refractivity contribution >= 4 is 5.78 Å². The van der Waals surface area contributed by atoms with Crippen LogP contribution in [0.3, 0.4) is 0 Å². The van der Waals surface area contributed by atoms with Crippen molar-refractivity contribution in [3.63, 3.8) is 0 Å². The molecule has 6 unspecified atom stereocenters. The Morgan fingerprint density at radius 1 is 1.32 bits per heavy atom. The molecule has 0 saturated heterocycles. The number of hydrogen-bond acceptors (Lipinski definition) is 2. The number of aliphatic hydroxyl groups excluding tert-OH is 1. The zero-order valence-corrected chi connectivity index (χ0v) is 15.9. The van der Waals surface area contributed by atoms with Gasteiger partial charge in [0.05, 0.1) is 6.10 Å². The van der Waals surface area contributed by atoms with Crippen molar-refractivity contribution in [3.8, 4) is 0 Å². The van der Waals surface area contributed by atoms with Crippen LogP contribution in [-0.4, -0.2) is 17.0 Å². The highest BCUT2D eigenvalue weighted by molar-refractivity contribution is 6.01. The zero-order chi connectivity index (χ0) is 18.0. The Bertz CT molecular complexity index is 672. The van der Waals surface area contributed by atoms with E-state index in [1.165, 1.54) is 24.0 Å². The molecule has 7 atom stereocenters. The van der Waals surface area contributed by atoms with Crippen LogP contribution in [0.25, 0.3) is 0 Å². The van der Waals surface area contributed by atoms with Gasteiger partial charge in [-0.2, -0.15) is 0 Å². The van der Waals surface area contributed by atoms with Gasteiger partial charge in [0.2, 0.25) is 0 Å². The molecule has 0 radical (unpaired) electrons. The molecule has 136 valence electrons. The first-order valence-electron chi connectivity index (χ1n) is 10.1. The van der Waals surface area contributed by atoms with E-state index in [1.54, 1.807) is 6.08 Å². The van der Waals surface area contributed by atoms with Crippen LogP contribution in [0.1, 0.15) is 59.3 Å². The fourth-order valence-corrected chi connectivity index (χ4v) is 7.24. The quantitative estimate of drug-likeness (QED) is 0.730. The Morgan fingerprint density at radius 3 is 2.80 bits per heavy atom. The van der Waals surface area contributed by atoms with E-state index < -0.39 is 0 Å². The molecular weight excluding hydrogens is 308 g/mol. The molecule has 2 heteroatoms. The number of fused-ring (bicyclic) bond motifs is 5. The van der Waals surface area contributed by atoms with Gasteiger partial charge >= 0.3 is 0 Å². The van der Waals surface area contributed by atoms with Gasteiger partial charge in [0.1, 0.15) is 0 Å². The third-order valence-electron chi connectivity index (χ3n) is 8.44. The smallest absolute Gasteiger partial charge is 0.178 e. The van der Waals surface area contributed by atoms with Crippen molar-refractivity contribution in [1.29, 1.82) is 0 Å². The molecule has 0 heterocycles. The summed E-state index contributed by atoms with van der Waals surface area (Å²) in [6, 6.07) is 0. The summed E-state index contributed by atoms with van der Waals surface area (Å²) in [5.41, 5.74) is 2.68. The normalized spacial score (nSPS) is 48.4. The van der Waals surface area contributed by atoms with Crippen LogP contribution >= 0.6 is 0 Å². The van der Waals surface area contributed by atoms with E-state index in [1.807, 2.05) is 6.08 Å². The number of carbonyl (C=O) groups excluding carboxylic acids is 1. The molecule has 2 nitrogen and oxygen atoms in total. The molecule has 25 heavy (non-hydrogen) atoms. The van der Waals surface area contributed by atoms with E-state index in [0.29, 0.717) is 17.8 Å². The van der Waals surface area contributed by atoms with Gasteiger partial charge in [-0.05, 0) is 73.8 Å². The summed E-state index contributed by atoms with van der Waals surface area (Å²) in [6.45, 7) is 11.3. The molecule has 0 aromatic heterocycles. The van der Waals surface area contributed by atoms with Crippen molar-refractivity contribution in [1.82, 2.24) is 0 Å². The standard InChI is InChI=1S/C23H32O2/c1-5-14(2)18-8-9-19-17-7-6-15-12-16(24)10-11-22(15,3)21(17)20(25)13-23(18,19)4/h10-12,17-21,25H,2,5-9,13H2,1,3-4H3/t17?,18?,19?,20-,21?,22?,23?/m0/s1. The van der Waals surface area contributed by atoms with E-state index >= 15 is 0 Å². The van der Waals surface area contributed by atoms with E-state index in [2.05, 4.69) is 33.4 Å². The maximum Gasteiger partial charge on any atom is 0.178 e. The van der Waals surface area contributed by atoms with Gasteiger partial charge in [0.25, 0.3) is 0 Å². The minimum absolute atomic E-state index is 0.112. The van der Waals surface area contributed by atoms with Crippen LogP contribution in [0.15, 0.2) is 36.0 Å². The van der Waals surface area contributed by atoms with Gasteiger partial charge < -0.3 is 5.11 Å². The molecule has 0 bridgehead atoms. The van der Waals surface area contributed by atoms with Crippen LogP contribution in [0.2, 0.25) is 0 Å². The predicted molar refractivity (Wildman–Crippen MR) is 101 cm³/mol. The molecule has 0 spiro atoms. The third kappa shape index (κ3) is 2.29. The van der Waals surface area contributed by atoms with Crippen molar-refractivity contribution in [2.24, 2.45) is 34.5 Å². The minimum Gasteiger partial charge on any atom is -0.393 e. The second kappa shape index (κ2) is 5.67. The highest BCUT2D eigenvalue weighted by atomic mass is 16.3. The van der Waals surface area contributed by atoms with E-state index in [-0.39, 0.29) is 28.6 Å². The lowest BCUT2D eigenvalue weighted by Gasteiger charge is -2.59. The molecule has 4 rings (SSSR count). The highest BCUT2D eigenvalue weighted by Gasteiger charge is 2.61. The monoisotopic (exact) mass is 340 g/mol. The summed E-state index contributed by atoms with van der Waals surface area (Å²) in [5, 5.41) is 11.3. The Hall–Kier alpha value is -1.15. The van der Waals surface area contributed by atoms with Crippen LogP contribution < -0.4 is 0 Å². The molecule has 3 fully saturated rings. The summed E-state index contributed by atoms with van der Waals surface area (Å²) < 4.78 is 0. The van der Waals surface area contributed by atoms with Gasteiger partial charge in [-0.25, -0.2) is 0 Å². The summed E-state index contributed by atoms with van der Waals surface area (Å²) in [6.07, 6.45) is 11.9. The summed E-state index contributed by atoms with van der Waals surface area (Å²) >= 11 is 0. The molecule has 0 aromatic rings. The number of rotatable bonds is 2. The molecule has 3 saturated carbocycles. The summed E-state index contributed by atoms with van der Waals surface area (Å²) in [5.74, 6) is 2.16. The molecule has 0 amide bonds. The van der Waals surface area contributed by atoms with E-state index in [0.717, 1.165) is 25.7 Å². The number of allylic oxidation sites excluding steroid dienone is 5. The second-order valence-electron chi connectivity index (χ2n) is 9.44. The van der Waals surface area contributed by atoms with E-state index in [9.17, 15) is 9.90 Å². The average Bonchev–Trinajstić information content (AvgIpc) is 2.91. The van der Waals surface area contributed by atoms with Crippen molar-refractivity contribution < 1.29 is 9.90 Å². The molecule has 4 aliphatic rings. The lowest BCUT2D eigenvalue weighted by Crippen LogP contribution is -2.55. The van der Waals surface area contributed by atoms with Crippen molar-refractivity contribution in [3.05, 3.63) is 36.0 Å². The number of carbonyl (C=O) groups is 1. The zero-order valence-electron chi connectivity index (χ0n) is 15.9. The van der Waals surface area contributed by atoms with Crippen molar-refractivity contribution in [2.75, 3.05) is 0 Å². The van der Waals surface area contributed by atoms with Crippen LogP contribution in [0.4, 0.5) is 0 Å². The fourth-order valence-electron chi connectivity index (χ4n) is 7.24. The highest BCUT2D eigenvalue weighted by Crippen LogP contribution is 2.66. The summed E-state index contributed by atoms with van der Waals surface area (Å²) in [7, 11) is 0. The van der Waals surface area contributed by atoms with E-state index in [4.69, 9.17) is 0 Å². The second-order valence-corrected chi connectivity index (χ2v) is 9.44. The molecule has 0 aliphatic heterocycles. The number of aliphatic hydroxyl groups is 1. The van der Waals surface area contributed by atoms with Gasteiger partial charge in [0.15, 0.2) is 5.78 Å². The summed E-state index contributed by atoms with van der Waals surface area (Å²) in [4.78, 5) is 11.9. The Morgan fingerprint density at radius 2 is 2.08 bits per heavy atom. The molecular formula is C23H32O2. The molecule has 4 aliphatic carbocycles. The molecule has 1 N–H and O–H groups in total. The van der Waals surface area contributed by atoms with Gasteiger partial charge in [-0.1, -0.05) is 44.6 Å². The maximum absolute atomic E-state index is 11.9. The Kier molecular flexibility index (Phi) is 3.92. The first-order valence-corrected chi connectivity index (χ1v) is 10.1. The minimum atomic E-state index is -0.289. The maximum atomic E-state index is 11.9. The lowest BCUT2D eigenvalue weighted by molar-refractivity contribution is -0.116. The largest absolute Gasteiger partial charge is 0.393 e. The SMILES string of the molecule is C=C(CC)C1CCC2C3CCC4=CC(=O)C=CC4(C)C3[C@@H](O)CC12C. The van der Waals surface area contributed by atoms with Crippen molar-refractivity contribution in [2.45, 2.75) is 65.4 Å². The number of hydrogen-bond donors (Lipinski definition) is 1. The Balaban J connectivity index is 1.71. The average molecular weight is 341 g/mol. The van der Waals surface area contributed by atoms with Crippen LogP contribution in [-0.2, 0) is 4.79 Å². The first kappa shape index (κ1) is 17.3. The topological polar surface area (TPSA) is 37.3 Å². The third-order valence-corrected chi connectivity index (χ3v) is 8.44.